The molecule has 1 aromatic heterocycles. The van der Waals surface area contributed by atoms with Gasteiger partial charge in [-0.1, -0.05) is 11.2 Å². The molecule has 0 aliphatic carbocycles. The van der Waals surface area contributed by atoms with Gasteiger partial charge in [0.05, 0.1) is 5.92 Å². The fraction of sp³-hybridized carbons (Fsp3) is 0.444. The van der Waals surface area contributed by atoms with E-state index in [-0.39, 0.29) is 25.1 Å². The molecule has 8 nitrogen and oxygen atoms in total. The molecule has 26 heavy (non-hydrogen) atoms. The van der Waals surface area contributed by atoms with Crippen molar-refractivity contribution in [2.45, 2.75) is 39.3 Å². The van der Waals surface area contributed by atoms with Crippen LogP contribution in [-0.2, 0) is 11.4 Å². The molecule has 138 valence electrons. The maximum Gasteiger partial charge on any atom is 0.308 e. The first kappa shape index (κ1) is 17.9. The lowest BCUT2D eigenvalue weighted by molar-refractivity contribution is -0.143. The predicted octanol–water partition coefficient (Wildman–Crippen LogP) is 2.28. The fourth-order valence-electron chi connectivity index (χ4n) is 3.02. The molecule has 1 saturated heterocycles. The lowest BCUT2D eigenvalue weighted by atomic mass is 9.93. The van der Waals surface area contributed by atoms with Crippen LogP contribution >= 0.6 is 0 Å². The Kier molecular flexibility index (Phi) is 5.20. The molecule has 2 atom stereocenters. The maximum atomic E-state index is 12.8. The number of piperidine rings is 1. The minimum Gasteiger partial charge on any atom is -0.485 e. The number of benzene rings is 1. The lowest BCUT2D eigenvalue weighted by Gasteiger charge is -2.36. The van der Waals surface area contributed by atoms with Crippen LogP contribution in [-0.4, -0.2) is 44.6 Å². The van der Waals surface area contributed by atoms with E-state index in [1.54, 1.807) is 36.1 Å². The summed E-state index contributed by atoms with van der Waals surface area (Å²) in [5, 5.41) is 13.0. The Morgan fingerprint density at radius 3 is 2.88 bits per heavy atom. The number of carbonyl (C=O) groups excluding carboxylic acids is 1. The average Bonchev–Trinajstić information content (AvgIpc) is 3.05. The molecule has 2 aromatic rings. The molecule has 8 heteroatoms. The van der Waals surface area contributed by atoms with Gasteiger partial charge in [-0.3, -0.25) is 9.59 Å². The van der Waals surface area contributed by atoms with Crippen molar-refractivity contribution >= 4 is 11.9 Å². The van der Waals surface area contributed by atoms with Gasteiger partial charge in [0.15, 0.2) is 6.61 Å². The molecule has 0 spiro atoms. The summed E-state index contributed by atoms with van der Waals surface area (Å²) in [5.74, 6) is -0.173. The molecule has 3 rings (SSSR count). The number of likely N-dealkylation sites (tertiary alicyclic amines) is 1. The normalized spacial score (nSPS) is 20.0. The summed E-state index contributed by atoms with van der Waals surface area (Å²) in [4.78, 5) is 29.8. The second-order valence-electron chi connectivity index (χ2n) is 6.47. The molecule has 0 radical (unpaired) electrons. The van der Waals surface area contributed by atoms with Gasteiger partial charge >= 0.3 is 5.97 Å². The Bertz CT molecular complexity index is 804. The number of nitrogens with zero attached hydrogens (tertiary/aromatic N) is 3. The highest BCUT2D eigenvalue weighted by Crippen LogP contribution is 2.25. The van der Waals surface area contributed by atoms with E-state index in [2.05, 4.69) is 10.1 Å². The smallest absolute Gasteiger partial charge is 0.308 e. The van der Waals surface area contributed by atoms with E-state index in [1.165, 1.54) is 0 Å². The molecule has 2 unspecified atom stereocenters. The summed E-state index contributed by atoms with van der Waals surface area (Å²) >= 11 is 0. The Hall–Kier alpha value is -2.90. The summed E-state index contributed by atoms with van der Waals surface area (Å²) in [6, 6.07) is 6.82. The molecule has 1 aliphatic heterocycles. The van der Waals surface area contributed by atoms with E-state index in [4.69, 9.17) is 9.26 Å². The summed E-state index contributed by atoms with van der Waals surface area (Å²) in [7, 11) is 0. The van der Waals surface area contributed by atoms with Crippen molar-refractivity contribution in [3.8, 4) is 5.75 Å². The molecular formula is C18H21N3O5. The summed E-state index contributed by atoms with van der Waals surface area (Å²) in [6.45, 7) is 3.99. The van der Waals surface area contributed by atoms with E-state index in [1.807, 2.05) is 6.92 Å². The van der Waals surface area contributed by atoms with Crippen LogP contribution in [0.15, 0.2) is 28.8 Å². The number of aliphatic carboxylic acids is 1. The van der Waals surface area contributed by atoms with Gasteiger partial charge in [-0.05, 0) is 38.0 Å². The minimum atomic E-state index is -0.859. The third-order valence-corrected chi connectivity index (χ3v) is 4.51. The van der Waals surface area contributed by atoms with Gasteiger partial charge in [-0.2, -0.15) is 4.98 Å². The summed E-state index contributed by atoms with van der Waals surface area (Å²) in [5.41, 5.74) is 0.463. The number of carbonyl (C=O) groups is 2. The van der Waals surface area contributed by atoms with E-state index in [0.717, 1.165) is 0 Å². The van der Waals surface area contributed by atoms with Crippen LogP contribution in [0.25, 0.3) is 0 Å². The van der Waals surface area contributed by atoms with Crippen molar-refractivity contribution < 1.29 is 24.0 Å². The highest BCUT2D eigenvalue weighted by molar-refractivity contribution is 5.95. The number of carboxylic acids is 1. The second kappa shape index (κ2) is 7.55. The standard InChI is InChI=1S/C18H21N3O5/c1-11-6-7-14(18(23)24)9-21(11)17(22)13-4-3-5-15(8-13)25-10-16-19-12(2)26-20-16/h3-5,8,11,14H,6-7,9-10H2,1-2H3,(H,23,24). The van der Waals surface area contributed by atoms with Gasteiger partial charge in [0, 0.05) is 25.1 Å². The predicted molar refractivity (Wildman–Crippen MR) is 90.7 cm³/mol. The van der Waals surface area contributed by atoms with Gasteiger partial charge in [0.2, 0.25) is 11.7 Å². The molecule has 1 aromatic carbocycles. The van der Waals surface area contributed by atoms with Gasteiger partial charge in [-0.25, -0.2) is 0 Å². The van der Waals surface area contributed by atoms with Crippen molar-refractivity contribution in [2.24, 2.45) is 5.92 Å². The van der Waals surface area contributed by atoms with E-state index >= 15 is 0 Å². The van der Waals surface area contributed by atoms with Crippen LogP contribution in [0.3, 0.4) is 0 Å². The van der Waals surface area contributed by atoms with Gasteiger partial charge in [-0.15, -0.1) is 0 Å². The highest BCUT2D eigenvalue weighted by Gasteiger charge is 2.33. The number of ether oxygens (including phenoxy) is 1. The molecule has 1 amide bonds. The molecule has 1 fully saturated rings. The Balaban J connectivity index is 1.70. The van der Waals surface area contributed by atoms with E-state index < -0.39 is 11.9 Å². The van der Waals surface area contributed by atoms with Gasteiger partial charge in [0.25, 0.3) is 5.91 Å². The van der Waals surface area contributed by atoms with Crippen LogP contribution in [0.1, 0.15) is 41.8 Å². The first-order valence-corrected chi connectivity index (χ1v) is 8.50. The van der Waals surface area contributed by atoms with Crippen molar-refractivity contribution in [1.29, 1.82) is 0 Å². The van der Waals surface area contributed by atoms with E-state index in [0.29, 0.717) is 35.9 Å². The van der Waals surface area contributed by atoms with Crippen molar-refractivity contribution in [3.05, 3.63) is 41.5 Å². The third kappa shape index (κ3) is 4.01. The zero-order chi connectivity index (χ0) is 18.7. The average molecular weight is 359 g/mol. The second-order valence-corrected chi connectivity index (χ2v) is 6.47. The molecular weight excluding hydrogens is 338 g/mol. The zero-order valence-electron chi connectivity index (χ0n) is 14.7. The Labute approximate surface area is 150 Å². The van der Waals surface area contributed by atoms with Crippen molar-refractivity contribution in [1.82, 2.24) is 15.0 Å². The van der Waals surface area contributed by atoms with Gasteiger partial charge < -0.3 is 19.3 Å². The SMILES string of the molecule is Cc1nc(COc2cccc(C(=O)N3CC(C(=O)O)CCC3C)c2)no1. The lowest BCUT2D eigenvalue weighted by Crippen LogP contribution is -2.47. The van der Waals surface area contributed by atoms with Crippen molar-refractivity contribution in [3.63, 3.8) is 0 Å². The number of carboxylic acid groups (broad SMARTS) is 1. The van der Waals surface area contributed by atoms with Crippen LogP contribution in [0.5, 0.6) is 5.75 Å². The van der Waals surface area contributed by atoms with Crippen LogP contribution in [0.2, 0.25) is 0 Å². The number of aryl methyl sites for hydroxylation is 1. The number of hydrogen-bond donors (Lipinski definition) is 1. The zero-order valence-corrected chi connectivity index (χ0v) is 14.7. The highest BCUT2D eigenvalue weighted by atomic mass is 16.5. The van der Waals surface area contributed by atoms with Crippen LogP contribution in [0.4, 0.5) is 0 Å². The first-order chi connectivity index (χ1) is 12.4. The monoisotopic (exact) mass is 359 g/mol. The van der Waals surface area contributed by atoms with Crippen molar-refractivity contribution in [2.75, 3.05) is 6.54 Å². The molecule has 0 saturated carbocycles. The Morgan fingerprint density at radius 1 is 1.38 bits per heavy atom. The maximum absolute atomic E-state index is 12.8. The summed E-state index contributed by atoms with van der Waals surface area (Å²) < 4.78 is 10.5. The van der Waals surface area contributed by atoms with Gasteiger partial charge in [0.1, 0.15) is 5.75 Å². The fourth-order valence-corrected chi connectivity index (χ4v) is 3.02. The number of rotatable bonds is 5. The van der Waals surface area contributed by atoms with E-state index in [9.17, 15) is 14.7 Å². The quantitative estimate of drug-likeness (QED) is 0.873. The molecule has 1 N–H and O–H groups in total. The number of aromatic nitrogens is 2. The largest absolute Gasteiger partial charge is 0.485 e. The molecule has 1 aliphatic rings. The number of hydrogen-bond acceptors (Lipinski definition) is 6. The minimum absolute atomic E-state index is 0.00461. The number of amides is 1. The third-order valence-electron chi connectivity index (χ3n) is 4.51. The molecule has 0 bridgehead atoms. The van der Waals surface area contributed by atoms with Crippen LogP contribution in [0, 0.1) is 12.8 Å². The molecule has 2 heterocycles. The first-order valence-electron chi connectivity index (χ1n) is 8.50. The topological polar surface area (TPSA) is 106 Å². The summed E-state index contributed by atoms with van der Waals surface area (Å²) in [6.07, 6.45) is 1.27. The Morgan fingerprint density at radius 2 is 2.19 bits per heavy atom. The van der Waals surface area contributed by atoms with Crippen LogP contribution < -0.4 is 4.74 Å².